The van der Waals surface area contributed by atoms with Crippen LogP contribution in [-0.4, -0.2) is 36.7 Å². The van der Waals surface area contributed by atoms with Crippen molar-refractivity contribution in [2.45, 2.75) is 13.5 Å². The van der Waals surface area contributed by atoms with E-state index < -0.39 is 5.97 Å². The first-order chi connectivity index (χ1) is 17.0. The van der Waals surface area contributed by atoms with Gasteiger partial charge < -0.3 is 13.7 Å². The van der Waals surface area contributed by atoms with Gasteiger partial charge in [0.1, 0.15) is 17.1 Å². The third kappa shape index (κ3) is 3.75. The number of carbonyl (C=O) groups excluding carboxylic acids is 1. The van der Waals surface area contributed by atoms with Crippen molar-refractivity contribution in [2.24, 2.45) is 0 Å². The molecule has 0 spiro atoms. The Balaban J connectivity index is 1.50. The highest BCUT2D eigenvalue weighted by Crippen LogP contribution is 2.31. The van der Waals surface area contributed by atoms with E-state index in [1.165, 1.54) is 12.1 Å². The molecule has 0 saturated heterocycles. The summed E-state index contributed by atoms with van der Waals surface area (Å²) < 4.78 is 28.6. The van der Waals surface area contributed by atoms with E-state index >= 15 is 0 Å². The van der Waals surface area contributed by atoms with Gasteiger partial charge in [-0.25, -0.2) is 23.7 Å². The summed E-state index contributed by atoms with van der Waals surface area (Å²) in [5.74, 6) is 0.343. The lowest BCUT2D eigenvalue weighted by atomic mass is 10.2. The Kier molecular flexibility index (Phi) is 5.10. The molecule has 6 rings (SSSR count). The molecule has 0 unspecified atom stereocenters. The summed E-state index contributed by atoms with van der Waals surface area (Å²) in [5.41, 5.74) is 3.62. The molecule has 8 nitrogen and oxygen atoms in total. The number of aromatic nitrogens is 5. The van der Waals surface area contributed by atoms with Crippen LogP contribution < -0.4 is 0 Å². The molecule has 10 heteroatoms. The van der Waals surface area contributed by atoms with Crippen molar-refractivity contribution in [3.8, 4) is 11.3 Å². The van der Waals surface area contributed by atoms with Crippen LogP contribution in [0.15, 0.2) is 69.7 Å². The van der Waals surface area contributed by atoms with Gasteiger partial charge in [0.25, 0.3) is 5.78 Å². The van der Waals surface area contributed by atoms with Crippen molar-refractivity contribution in [2.75, 3.05) is 6.61 Å². The lowest BCUT2D eigenvalue weighted by Crippen LogP contribution is -2.04. The Labute approximate surface area is 206 Å². The van der Waals surface area contributed by atoms with E-state index in [0.717, 1.165) is 20.9 Å². The zero-order valence-corrected chi connectivity index (χ0v) is 20.0. The summed E-state index contributed by atoms with van der Waals surface area (Å²) in [5, 5.41) is 5.71. The van der Waals surface area contributed by atoms with Crippen LogP contribution in [0.3, 0.4) is 0 Å². The molecule has 2 aromatic carbocycles. The number of furan rings is 1. The second-order valence-electron chi connectivity index (χ2n) is 7.90. The summed E-state index contributed by atoms with van der Waals surface area (Å²) in [6.07, 6.45) is 1.76. The van der Waals surface area contributed by atoms with Gasteiger partial charge in [-0.1, -0.05) is 15.9 Å². The average molecular weight is 534 g/mol. The van der Waals surface area contributed by atoms with Gasteiger partial charge in [-0.2, -0.15) is 0 Å². The largest absolute Gasteiger partial charge is 0.460 e. The number of hydrogen-bond donors (Lipinski definition) is 0. The topological polar surface area (TPSA) is 87.5 Å². The van der Waals surface area contributed by atoms with E-state index in [1.807, 2.05) is 22.8 Å². The maximum Gasteiger partial charge on any atom is 0.374 e. The van der Waals surface area contributed by atoms with Crippen LogP contribution in [0.1, 0.15) is 23.2 Å². The molecule has 174 valence electrons. The number of ether oxygens (including phenoxy) is 1. The molecule has 0 aliphatic carbocycles. The number of rotatable bonds is 5. The summed E-state index contributed by atoms with van der Waals surface area (Å²) >= 11 is 3.54. The fourth-order valence-electron chi connectivity index (χ4n) is 4.07. The Morgan fingerprint density at radius 1 is 1.11 bits per heavy atom. The van der Waals surface area contributed by atoms with Crippen molar-refractivity contribution >= 4 is 49.7 Å². The predicted octanol–water partition coefficient (Wildman–Crippen LogP) is 5.62. The molecule has 0 fully saturated rings. The summed E-state index contributed by atoms with van der Waals surface area (Å²) in [6, 6.07) is 15.4. The van der Waals surface area contributed by atoms with Gasteiger partial charge in [-0.05, 0) is 61.5 Å². The van der Waals surface area contributed by atoms with Gasteiger partial charge in [0.05, 0.1) is 30.6 Å². The number of benzene rings is 2. The molecule has 35 heavy (non-hydrogen) atoms. The number of nitrogens with zero attached hydrogens (tertiary/aromatic N) is 5. The first-order valence-electron chi connectivity index (χ1n) is 10.9. The molecule has 0 amide bonds. The lowest BCUT2D eigenvalue weighted by Gasteiger charge is -2.05. The van der Waals surface area contributed by atoms with Crippen LogP contribution in [0.2, 0.25) is 0 Å². The molecule has 0 N–H and O–H groups in total. The number of hydrogen-bond acceptors (Lipinski definition) is 6. The normalized spacial score (nSPS) is 11.6. The Bertz CT molecular complexity index is 1740. The monoisotopic (exact) mass is 533 g/mol. The lowest BCUT2D eigenvalue weighted by molar-refractivity contribution is 0.0488. The van der Waals surface area contributed by atoms with Gasteiger partial charge >= 0.3 is 5.97 Å². The Morgan fingerprint density at radius 3 is 2.74 bits per heavy atom. The Morgan fingerprint density at radius 2 is 1.94 bits per heavy atom. The highest BCUT2D eigenvalue weighted by Gasteiger charge is 2.19. The van der Waals surface area contributed by atoms with E-state index in [1.54, 1.807) is 41.9 Å². The van der Waals surface area contributed by atoms with Crippen molar-refractivity contribution in [1.82, 2.24) is 24.1 Å². The molecule has 0 atom stereocenters. The molecule has 0 radical (unpaired) electrons. The highest BCUT2D eigenvalue weighted by molar-refractivity contribution is 9.10. The van der Waals surface area contributed by atoms with Crippen molar-refractivity contribution < 1.29 is 18.3 Å². The molecular weight excluding hydrogens is 517 g/mol. The second-order valence-corrected chi connectivity index (χ2v) is 8.81. The molecule has 0 bridgehead atoms. The van der Waals surface area contributed by atoms with Crippen LogP contribution in [0.4, 0.5) is 4.39 Å². The van der Waals surface area contributed by atoms with Crippen LogP contribution in [0.25, 0.3) is 39.1 Å². The molecular formula is C25H17BrFN5O3. The summed E-state index contributed by atoms with van der Waals surface area (Å²) in [7, 11) is 0. The number of fused-ring (bicyclic) bond motifs is 4. The number of halogens is 2. The van der Waals surface area contributed by atoms with Gasteiger partial charge in [0.15, 0.2) is 5.65 Å². The fraction of sp³-hybridized carbons (Fsp3) is 0.120. The minimum atomic E-state index is -0.503. The summed E-state index contributed by atoms with van der Waals surface area (Å²) in [6.45, 7) is 2.34. The molecule has 4 aromatic heterocycles. The Hall–Kier alpha value is -4.05. The van der Waals surface area contributed by atoms with Gasteiger partial charge in [0, 0.05) is 15.4 Å². The number of esters is 1. The first kappa shape index (κ1) is 21.5. The van der Waals surface area contributed by atoms with Gasteiger partial charge in [-0.15, -0.1) is 5.10 Å². The second kappa shape index (κ2) is 8.31. The quantitative estimate of drug-likeness (QED) is 0.267. The summed E-state index contributed by atoms with van der Waals surface area (Å²) in [4.78, 5) is 21.4. The van der Waals surface area contributed by atoms with Crippen LogP contribution in [0.5, 0.6) is 0 Å². The molecule has 6 aromatic rings. The highest BCUT2D eigenvalue weighted by atomic mass is 79.9. The third-order valence-corrected chi connectivity index (χ3v) is 6.14. The standard InChI is InChI=1S/C25H17BrFN5O3/c1-2-34-24(33)21-10-8-17(35-21)12-31-20-11-15(26)5-9-18(20)22-23(31)30-32-13-19(28-25(32)29-22)14-3-6-16(27)7-4-14/h3-11,13H,2,12H2,1H3. The predicted molar refractivity (Wildman–Crippen MR) is 131 cm³/mol. The average Bonchev–Trinajstić information content (AvgIpc) is 3.55. The molecule has 0 aliphatic heterocycles. The van der Waals surface area contributed by atoms with Crippen LogP contribution in [0, 0.1) is 5.82 Å². The first-order valence-corrected chi connectivity index (χ1v) is 11.7. The maximum absolute atomic E-state index is 13.3. The van der Waals surface area contributed by atoms with Crippen molar-refractivity contribution in [3.63, 3.8) is 0 Å². The maximum atomic E-state index is 13.3. The van der Waals surface area contributed by atoms with Gasteiger partial charge in [-0.3, -0.25) is 0 Å². The third-order valence-electron chi connectivity index (χ3n) is 5.65. The van der Waals surface area contributed by atoms with E-state index in [0.29, 0.717) is 34.9 Å². The van der Waals surface area contributed by atoms with E-state index in [-0.39, 0.29) is 18.2 Å². The minimum Gasteiger partial charge on any atom is -0.460 e. The van der Waals surface area contributed by atoms with E-state index in [4.69, 9.17) is 19.2 Å². The van der Waals surface area contributed by atoms with Gasteiger partial charge in [0.2, 0.25) is 5.76 Å². The van der Waals surface area contributed by atoms with Crippen molar-refractivity contribution in [3.05, 3.63) is 82.6 Å². The molecule has 4 heterocycles. The van der Waals surface area contributed by atoms with Crippen molar-refractivity contribution in [1.29, 1.82) is 0 Å². The smallest absolute Gasteiger partial charge is 0.374 e. The molecule has 0 aliphatic rings. The molecule has 0 saturated carbocycles. The van der Waals surface area contributed by atoms with E-state index in [9.17, 15) is 9.18 Å². The zero-order chi connectivity index (χ0) is 24.1. The van der Waals surface area contributed by atoms with Crippen LogP contribution >= 0.6 is 15.9 Å². The minimum absolute atomic E-state index is 0.149. The zero-order valence-electron chi connectivity index (χ0n) is 18.4. The van der Waals surface area contributed by atoms with Crippen LogP contribution in [-0.2, 0) is 11.3 Å². The fourth-order valence-corrected chi connectivity index (χ4v) is 4.42. The SMILES string of the molecule is CCOC(=O)c1ccc(Cn2c3cc(Br)ccc3c3nc4nc(-c5ccc(F)cc5)cn4nc32)o1. The van der Waals surface area contributed by atoms with E-state index in [2.05, 4.69) is 20.9 Å². The number of imidazole rings is 1. The number of carbonyl (C=O) groups is 1.